The Bertz CT molecular complexity index is 283. The number of rotatable bonds is 4. The molecule has 1 atom stereocenters. The highest BCUT2D eigenvalue weighted by Gasteiger charge is 2.17. The zero-order valence-electron chi connectivity index (χ0n) is 8.89. The normalized spacial score (nSPS) is 19.3. The van der Waals surface area contributed by atoms with Crippen LogP contribution in [-0.4, -0.2) is 29.7 Å². The molecule has 2 rings (SSSR count). The van der Waals surface area contributed by atoms with Crippen LogP contribution in [0.25, 0.3) is 0 Å². The maximum Gasteiger partial charge on any atom is 0.0696 e. The van der Waals surface area contributed by atoms with Gasteiger partial charge in [0.1, 0.15) is 0 Å². The molecule has 1 heterocycles. The van der Waals surface area contributed by atoms with Gasteiger partial charge >= 0.3 is 0 Å². The number of likely N-dealkylation sites (tertiary alicyclic amines) is 1. The van der Waals surface area contributed by atoms with Crippen molar-refractivity contribution in [2.24, 2.45) is 0 Å². The Morgan fingerprint density at radius 2 is 1.87 bits per heavy atom. The number of hydroxylamine groups is 1. The van der Waals surface area contributed by atoms with Gasteiger partial charge < -0.3 is 10.1 Å². The third-order valence-electron chi connectivity index (χ3n) is 3.00. The average Bonchev–Trinajstić information content (AvgIpc) is 2.80. The van der Waals surface area contributed by atoms with E-state index in [0.717, 1.165) is 25.2 Å². The first kappa shape index (κ1) is 10.6. The summed E-state index contributed by atoms with van der Waals surface area (Å²) in [7, 11) is 0. The monoisotopic (exact) mass is 206 g/mol. The van der Waals surface area contributed by atoms with E-state index in [9.17, 15) is 0 Å². The minimum absolute atomic E-state index is 0.0318. The Kier molecular flexibility index (Phi) is 3.72. The number of benzene rings is 1. The first-order chi connectivity index (χ1) is 7.40. The molecule has 2 N–H and O–H groups in total. The topological polar surface area (TPSA) is 35.5 Å². The van der Waals surface area contributed by atoms with Gasteiger partial charge in [0.25, 0.3) is 0 Å². The van der Waals surface area contributed by atoms with E-state index in [1.54, 1.807) is 0 Å². The summed E-state index contributed by atoms with van der Waals surface area (Å²) in [5.74, 6) is 0. The van der Waals surface area contributed by atoms with E-state index in [0.29, 0.717) is 0 Å². The van der Waals surface area contributed by atoms with E-state index in [1.807, 2.05) is 30.3 Å². The van der Waals surface area contributed by atoms with E-state index in [1.165, 1.54) is 12.8 Å². The van der Waals surface area contributed by atoms with E-state index < -0.39 is 0 Å². The quantitative estimate of drug-likeness (QED) is 0.737. The van der Waals surface area contributed by atoms with Crippen molar-refractivity contribution in [2.45, 2.75) is 18.9 Å². The van der Waals surface area contributed by atoms with Crippen LogP contribution in [0.5, 0.6) is 0 Å². The molecule has 1 fully saturated rings. The summed E-state index contributed by atoms with van der Waals surface area (Å²) in [6.07, 6.45) is 2.57. The van der Waals surface area contributed by atoms with Crippen molar-refractivity contribution < 1.29 is 5.21 Å². The molecule has 0 aliphatic carbocycles. The summed E-state index contributed by atoms with van der Waals surface area (Å²) in [6, 6.07) is 10.1. The summed E-state index contributed by atoms with van der Waals surface area (Å²) in [5.41, 5.74) is 3.55. The number of nitrogens with zero attached hydrogens (tertiary/aromatic N) is 1. The highest BCUT2D eigenvalue weighted by Crippen LogP contribution is 2.16. The van der Waals surface area contributed by atoms with E-state index in [2.05, 4.69) is 10.4 Å². The molecule has 0 bridgehead atoms. The maximum absolute atomic E-state index is 9.16. The van der Waals surface area contributed by atoms with Crippen LogP contribution in [0, 0.1) is 0 Å². The van der Waals surface area contributed by atoms with Crippen molar-refractivity contribution in [3.05, 3.63) is 35.9 Å². The summed E-state index contributed by atoms with van der Waals surface area (Å²) in [6.45, 7) is 3.20. The molecule has 82 valence electrons. The number of hydrogen-bond acceptors (Lipinski definition) is 3. The molecule has 3 nitrogen and oxygen atoms in total. The van der Waals surface area contributed by atoms with Crippen molar-refractivity contribution in [3.8, 4) is 0 Å². The molecule has 0 amide bonds. The first-order valence-electron chi connectivity index (χ1n) is 5.57. The van der Waals surface area contributed by atoms with Crippen molar-refractivity contribution >= 4 is 0 Å². The highest BCUT2D eigenvalue weighted by molar-refractivity contribution is 5.18. The van der Waals surface area contributed by atoms with Crippen LogP contribution in [0.15, 0.2) is 30.3 Å². The van der Waals surface area contributed by atoms with Gasteiger partial charge in [0.05, 0.1) is 6.04 Å². The van der Waals surface area contributed by atoms with Gasteiger partial charge in [0.2, 0.25) is 0 Å². The van der Waals surface area contributed by atoms with Crippen LogP contribution in [-0.2, 0) is 0 Å². The van der Waals surface area contributed by atoms with Crippen LogP contribution in [0.2, 0.25) is 0 Å². The molecule has 1 saturated heterocycles. The lowest BCUT2D eigenvalue weighted by molar-refractivity contribution is 0.106. The minimum Gasteiger partial charge on any atom is -0.316 e. The molecule has 1 aliphatic rings. The summed E-state index contributed by atoms with van der Waals surface area (Å²) in [4.78, 5) is 2.39. The van der Waals surface area contributed by atoms with Gasteiger partial charge in [-0.2, -0.15) is 5.48 Å². The second-order valence-corrected chi connectivity index (χ2v) is 4.10. The van der Waals surface area contributed by atoms with Crippen molar-refractivity contribution in [3.63, 3.8) is 0 Å². The Labute approximate surface area is 90.7 Å². The zero-order chi connectivity index (χ0) is 10.5. The Morgan fingerprint density at radius 1 is 1.20 bits per heavy atom. The van der Waals surface area contributed by atoms with Crippen LogP contribution in [0.3, 0.4) is 0 Å². The van der Waals surface area contributed by atoms with Crippen LogP contribution < -0.4 is 5.48 Å². The van der Waals surface area contributed by atoms with Gasteiger partial charge in [-0.25, -0.2) is 0 Å². The van der Waals surface area contributed by atoms with Crippen molar-refractivity contribution in [2.75, 3.05) is 19.6 Å². The van der Waals surface area contributed by atoms with Gasteiger partial charge in [0.15, 0.2) is 0 Å². The van der Waals surface area contributed by atoms with E-state index in [4.69, 9.17) is 5.21 Å². The van der Waals surface area contributed by atoms with Gasteiger partial charge in [-0.05, 0) is 31.5 Å². The lowest BCUT2D eigenvalue weighted by Gasteiger charge is -2.22. The molecule has 1 aliphatic heterocycles. The second kappa shape index (κ2) is 5.26. The fourth-order valence-electron chi connectivity index (χ4n) is 2.13. The molecule has 0 spiro atoms. The predicted octanol–water partition coefficient (Wildman–Crippen LogP) is 1.80. The molecule has 0 aromatic heterocycles. The summed E-state index contributed by atoms with van der Waals surface area (Å²) >= 11 is 0. The lowest BCUT2D eigenvalue weighted by atomic mass is 10.1. The largest absolute Gasteiger partial charge is 0.316 e. The molecule has 0 radical (unpaired) electrons. The van der Waals surface area contributed by atoms with Gasteiger partial charge in [-0.15, -0.1) is 0 Å². The number of nitrogens with one attached hydrogen (secondary N) is 1. The third kappa shape index (κ3) is 2.78. The van der Waals surface area contributed by atoms with Crippen LogP contribution in [0.4, 0.5) is 0 Å². The average molecular weight is 206 g/mol. The molecule has 1 aromatic carbocycles. The SMILES string of the molecule is ONC(CN1CCCC1)c1ccccc1. The van der Waals surface area contributed by atoms with Crippen LogP contribution >= 0.6 is 0 Å². The highest BCUT2D eigenvalue weighted by atomic mass is 16.5. The van der Waals surface area contributed by atoms with E-state index in [-0.39, 0.29) is 6.04 Å². The van der Waals surface area contributed by atoms with Gasteiger partial charge in [0, 0.05) is 6.54 Å². The molecular formula is C12H18N2O. The lowest BCUT2D eigenvalue weighted by Crippen LogP contribution is -2.32. The fourth-order valence-corrected chi connectivity index (χ4v) is 2.13. The van der Waals surface area contributed by atoms with E-state index >= 15 is 0 Å². The third-order valence-corrected chi connectivity index (χ3v) is 3.00. The Hall–Kier alpha value is -0.900. The molecule has 3 heteroatoms. The first-order valence-corrected chi connectivity index (χ1v) is 5.57. The second-order valence-electron chi connectivity index (χ2n) is 4.10. The van der Waals surface area contributed by atoms with Crippen LogP contribution in [0.1, 0.15) is 24.4 Å². The zero-order valence-corrected chi connectivity index (χ0v) is 8.89. The van der Waals surface area contributed by atoms with Crippen molar-refractivity contribution in [1.82, 2.24) is 10.4 Å². The number of hydrogen-bond donors (Lipinski definition) is 2. The standard InChI is InChI=1S/C12H18N2O/c15-13-12(10-14-8-4-5-9-14)11-6-2-1-3-7-11/h1-3,6-7,12-13,15H,4-5,8-10H2. The summed E-state index contributed by atoms with van der Waals surface area (Å²) < 4.78 is 0. The smallest absolute Gasteiger partial charge is 0.0696 e. The van der Waals surface area contributed by atoms with Gasteiger partial charge in [-0.1, -0.05) is 30.3 Å². The fraction of sp³-hybridized carbons (Fsp3) is 0.500. The molecule has 15 heavy (non-hydrogen) atoms. The Morgan fingerprint density at radius 3 is 2.47 bits per heavy atom. The maximum atomic E-state index is 9.16. The molecule has 1 aromatic rings. The summed E-state index contributed by atoms with van der Waals surface area (Å²) in [5, 5.41) is 9.16. The molecule has 1 unspecified atom stereocenters. The minimum atomic E-state index is 0.0318. The predicted molar refractivity (Wildman–Crippen MR) is 59.8 cm³/mol. The molecule has 0 saturated carbocycles. The van der Waals surface area contributed by atoms with Crippen molar-refractivity contribution in [1.29, 1.82) is 0 Å². The van der Waals surface area contributed by atoms with Gasteiger partial charge in [-0.3, -0.25) is 0 Å². The Balaban J connectivity index is 1.97. The molecular weight excluding hydrogens is 188 g/mol.